The lowest BCUT2D eigenvalue weighted by Crippen LogP contribution is -2.09. The van der Waals surface area contributed by atoms with E-state index in [4.69, 9.17) is 21.1 Å². The highest BCUT2D eigenvalue weighted by molar-refractivity contribution is 6.30. The zero-order valence-corrected chi connectivity index (χ0v) is 14.5. The van der Waals surface area contributed by atoms with Gasteiger partial charge in [0.15, 0.2) is 17.3 Å². The van der Waals surface area contributed by atoms with Crippen LogP contribution in [0.3, 0.4) is 0 Å². The fourth-order valence-corrected chi connectivity index (χ4v) is 2.66. The topological polar surface area (TPSA) is 81.2 Å². The molecule has 1 aromatic heterocycles. The molecule has 0 atom stereocenters. The van der Waals surface area contributed by atoms with Crippen molar-refractivity contribution in [3.05, 3.63) is 59.2 Å². The predicted molar refractivity (Wildman–Crippen MR) is 99.3 cm³/mol. The number of rotatable bonds is 6. The van der Waals surface area contributed by atoms with Gasteiger partial charge in [0.2, 0.25) is 12.7 Å². The first-order valence-corrected chi connectivity index (χ1v) is 8.49. The molecule has 26 heavy (non-hydrogen) atoms. The number of nitrogens with one attached hydrogen (secondary N) is 2. The number of halogens is 1. The summed E-state index contributed by atoms with van der Waals surface area (Å²) in [4.78, 5) is 4.42. The molecule has 0 saturated carbocycles. The Hall–Kier alpha value is -3.06. The minimum absolute atomic E-state index is 0.246. The summed E-state index contributed by atoms with van der Waals surface area (Å²) in [6, 6.07) is 13.4. The molecule has 2 aromatic carbocycles. The standard InChI is InChI=1S/C18H16ClN5O2/c19-13-3-1-12(2-4-13)7-8-20-18-23-17(10-21-24-18)22-14-5-6-15-16(9-14)26-11-25-15/h1-6,9-10H,7-8,11H2,(H2,20,22,23,24). The maximum atomic E-state index is 5.89. The Morgan fingerprint density at radius 2 is 1.88 bits per heavy atom. The highest BCUT2D eigenvalue weighted by Crippen LogP contribution is 2.34. The van der Waals surface area contributed by atoms with Crippen LogP contribution in [0.1, 0.15) is 5.56 Å². The molecule has 1 aliphatic heterocycles. The average Bonchev–Trinajstić information content (AvgIpc) is 3.12. The Kier molecular flexibility index (Phi) is 4.70. The van der Waals surface area contributed by atoms with Crippen molar-refractivity contribution >= 4 is 29.1 Å². The van der Waals surface area contributed by atoms with Crippen LogP contribution in [-0.4, -0.2) is 28.5 Å². The first kappa shape index (κ1) is 16.4. The number of ether oxygens (including phenoxy) is 2. The molecule has 1 aliphatic rings. The van der Waals surface area contributed by atoms with Gasteiger partial charge in [-0.2, -0.15) is 10.1 Å². The largest absolute Gasteiger partial charge is 0.454 e. The van der Waals surface area contributed by atoms with Crippen molar-refractivity contribution < 1.29 is 9.47 Å². The first-order chi connectivity index (χ1) is 12.8. The molecule has 3 aromatic rings. The maximum Gasteiger partial charge on any atom is 0.244 e. The lowest BCUT2D eigenvalue weighted by molar-refractivity contribution is 0.174. The molecule has 8 heteroatoms. The normalized spacial score (nSPS) is 12.0. The molecule has 0 radical (unpaired) electrons. The molecule has 0 spiro atoms. The SMILES string of the molecule is Clc1ccc(CCNc2nncc(Nc3ccc4c(c3)OCO4)n2)cc1. The predicted octanol–water partition coefficient (Wildman–Crippen LogP) is 3.65. The quantitative estimate of drug-likeness (QED) is 0.686. The number of fused-ring (bicyclic) bond motifs is 1. The van der Waals surface area contributed by atoms with Gasteiger partial charge in [-0.05, 0) is 36.2 Å². The minimum atomic E-state index is 0.246. The second kappa shape index (κ2) is 7.45. The van der Waals surface area contributed by atoms with Crippen LogP contribution in [-0.2, 0) is 6.42 Å². The highest BCUT2D eigenvalue weighted by Gasteiger charge is 2.13. The smallest absolute Gasteiger partial charge is 0.244 e. The van der Waals surface area contributed by atoms with Gasteiger partial charge in [0.1, 0.15) is 0 Å². The van der Waals surface area contributed by atoms with E-state index in [1.54, 1.807) is 6.20 Å². The van der Waals surface area contributed by atoms with Gasteiger partial charge in [0, 0.05) is 23.3 Å². The number of benzene rings is 2. The Labute approximate surface area is 155 Å². The van der Waals surface area contributed by atoms with Gasteiger partial charge in [0.05, 0.1) is 6.20 Å². The van der Waals surface area contributed by atoms with Crippen molar-refractivity contribution in [2.24, 2.45) is 0 Å². The zero-order chi connectivity index (χ0) is 17.8. The van der Waals surface area contributed by atoms with Gasteiger partial charge in [-0.25, -0.2) is 0 Å². The Bertz CT molecular complexity index is 904. The second-order valence-electron chi connectivity index (χ2n) is 5.66. The molecular weight excluding hydrogens is 354 g/mol. The van der Waals surface area contributed by atoms with E-state index in [1.807, 2.05) is 42.5 Å². The van der Waals surface area contributed by atoms with Crippen molar-refractivity contribution in [1.29, 1.82) is 0 Å². The molecule has 0 amide bonds. The van der Waals surface area contributed by atoms with E-state index in [-0.39, 0.29) is 6.79 Å². The van der Waals surface area contributed by atoms with Crippen LogP contribution in [0.25, 0.3) is 0 Å². The van der Waals surface area contributed by atoms with Gasteiger partial charge in [-0.3, -0.25) is 0 Å². The molecule has 0 saturated heterocycles. The van der Waals surface area contributed by atoms with Gasteiger partial charge in [0.25, 0.3) is 0 Å². The summed E-state index contributed by atoms with van der Waals surface area (Å²) in [6.07, 6.45) is 2.40. The summed E-state index contributed by atoms with van der Waals surface area (Å²) in [5, 5.41) is 15.1. The van der Waals surface area contributed by atoms with Crippen LogP contribution < -0.4 is 20.1 Å². The van der Waals surface area contributed by atoms with E-state index in [0.29, 0.717) is 24.1 Å². The molecule has 0 bridgehead atoms. The number of aromatic nitrogens is 3. The van der Waals surface area contributed by atoms with Crippen LogP contribution in [0, 0.1) is 0 Å². The van der Waals surface area contributed by atoms with Crippen molar-refractivity contribution in [3.8, 4) is 11.5 Å². The minimum Gasteiger partial charge on any atom is -0.454 e. The molecule has 2 heterocycles. The van der Waals surface area contributed by atoms with E-state index in [1.165, 1.54) is 5.56 Å². The highest BCUT2D eigenvalue weighted by atomic mass is 35.5. The zero-order valence-electron chi connectivity index (χ0n) is 13.8. The molecule has 0 aliphatic carbocycles. The first-order valence-electron chi connectivity index (χ1n) is 8.11. The fourth-order valence-electron chi connectivity index (χ4n) is 2.53. The van der Waals surface area contributed by atoms with Crippen molar-refractivity contribution in [2.75, 3.05) is 24.0 Å². The van der Waals surface area contributed by atoms with E-state index < -0.39 is 0 Å². The summed E-state index contributed by atoms with van der Waals surface area (Å²) in [5.74, 6) is 2.50. The molecule has 2 N–H and O–H groups in total. The van der Waals surface area contributed by atoms with Gasteiger partial charge < -0.3 is 20.1 Å². The molecule has 132 valence electrons. The van der Waals surface area contributed by atoms with Gasteiger partial charge in [-0.15, -0.1) is 5.10 Å². The second-order valence-corrected chi connectivity index (χ2v) is 6.10. The lowest BCUT2D eigenvalue weighted by Gasteiger charge is -2.08. The summed E-state index contributed by atoms with van der Waals surface area (Å²) in [6.45, 7) is 0.937. The van der Waals surface area contributed by atoms with Crippen LogP contribution in [0.15, 0.2) is 48.7 Å². The van der Waals surface area contributed by atoms with Crippen LogP contribution in [0.5, 0.6) is 11.5 Å². The van der Waals surface area contributed by atoms with E-state index in [9.17, 15) is 0 Å². The number of hydrogen-bond donors (Lipinski definition) is 2. The summed E-state index contributed by atoms with van der Waals surface area (Å²) in [5.41, 5.74) is 2.02. The van der Waals surface area contributed by atoms with Crippen LogP contribution in [0.4, 0.5) is 17.5 Å². The monoisotopic (exact) mass is 369 g/mol. The third-order valence-corrected chi connectivity index (χ3v) is 4.07. The lowest BCUT2D eigenvalue weighted by atomic mass is 10.1. The maximum absolute atomic E-state index is 5.89. The molecule has 4 rings (SSSR count). The fraction of sp³-hybridized carbons (Fsp3) is 0.167. The van der Waals surface area contributed by atoms with E-state index >= 15 is 0 Å². The summed E-state index contributed by atoms with van der Waals surface area (Å²) < 4.78 is 10.7. The summed E-state index contributed by atoms with van der Waals surface area (Å²) in [7, 11) is 0. The number of hydrogen-bond acceptors (Lipinski definition) is 7. The average molecular weight is 370 g/mol. The molecule has 0 fully saturated rings. The third-order valence-electron chi connectivity index (χ3n) is 3.81. The molecular formula is C18H16ClN5O2. The Morgan fingerprint density at radius 3 is 2.77 bits per heavy atom. The third kappa shape index (κ3) is 3.94. The van der Waals surface area contributed by atoms with Crippen molar-refractivity contribution in [3.63, 3.8) is 0 Å². The van der Waals surface area contributed by atoms with E-state index in [2.05, 4.69) is 25.8 Å². The van der Waals surface area contributed by atoms with Crippen LogP contribution in [0.2, 0.25) is 5.02 Å². The van der Waals surface area contributed by atoms with Crippen molar-refractivity contribution in [2.45, 2.75) is 6.42 Å². The van der Waals surface area contributed by atoms with Crippen molar-refractivity contribution in [1.82, 2.24) is 15.2 Å². The van der Waals surface area contributed by atoms with Crippen LogP contribution >= 0.6 is 11.6 Å². The molecule has 0 unspecified atom stereocenters. The number of anilines is 3. The van der Waals surface area contributed by atoms with Gasteiger partial charge in [-0.1, -0.05) is 23.7 Å². The molecule has 7 nitrogen and oxygen atoms in total. The number of nitrogens with zero attached hydrogens (tertiary/aromatic N) is 3. The Balaban J connectivity index is 1.36. The Morgan fingerprint density at radius 1 is 1.04 bits per heavy atom. The van der Waals surface area contributed by atoms with Gasteiger partial charge >= 0.3 is 0 Å². The van der Waals surface area contributed by atoms with E-state index in [0.717, 1.165) is 22.9 Å². The summed E-state index contributed by atoms with van der Waals surface area (Å²) >= 11 is 5.89.